The number of benzene rings is 1. The minimum atomic E-state index is -0.183. The Labute approximate surface area is 158 Å². The van der Waals surface area contributed by atoms with E-state index in [9.17, 15) is 4.79 Å². The number of ether oxygens (including phenoxy) is 1. The second-order valence-corrected chi connectivity index (χ2v) is 7.09. The van der Waals surface area contributed by atoms with Crippen molar-refractivity contribution in [3.63, 3.8) is 0 Å². The van der Waals surface area contributed by atoms with Gasteiger partial charge in [0, 0.05) is 12.7 Å². The largest absolute Gasteiger partial charge is 0.493 e. The van der Waals surface area contributed by atoms with E-state index in [1.54, 1.807) is 22.7 Å². The first-order valence-electron chi connectivity index (χ1n) is 8.58. The number of fused-ring (bicyclic) bond motifs is 1. The van der Waals surface area contributed by atoms with Gasteiger partial charge in [0.05, 0.1) is 17.3 Å². The van der Waals surface area contributed by atoms with Gasteiger partial charge in [0.2, 0.25) is 0 Å². The van der Waals surface area contributed by atoms with Gasteiger partial charge in [-0.25, -0.2) is 4.98 Å². The van der Waals surface area contributed by atoms with Crippen LogP contribution in [0.1, 0.15) is 35.6 Å². The number of nitrogens with one attached hydrogen (secondary N) is 1. The van der Waals surface area contributed by atoms with E-state index in [-0.39, 0.29) is 5.91 Å². The molecule has 2 heterocycles. The van der Waals surface area contributed by atoms with Gasteiger partial charge in [-0.15, -0.1) is 0 Å². The molecule has 0 bridgehead atoms. The molecule has 2 aromatic heterocycles. The molecule has 3 aromatic rings. The molecule has 6 heteroatoms. The van der Waals surface area contributed by atoms with Crippen LogP contribution in [0.5, 0.6) is 5.75 Å². The molecule has 0 aliphatic heterocycles. The van der Waals surface area contributed by atoms with Crippen LogP contribution in [0, 0.1) is 12.8 Å². The van der Waals surface area contributed by atoms with Gasteiger partial charge in [0.25, 0.3) is 5.91 Å². The Hall–Kier alpha value is -2.53. The van der Waals surface area contributed by atoms with Gasteiger partial charge < -0.3 is 10.1 Å². The molecule has 5 nitrogen and oxygen atoms in total. The maximum atomic E-state index is 12.6. The van der Waals surface area contributed by atoms with Crippen LogP contribution in [0.3, 0.4) is 0 Å². The monoisotopic (exact) mass is 371 g/mol. The maximum Gasteiger partial charge on any atom is 0.270 e. The van der Waals surface area contributed by atoms with Crippen molar-refractivity contribution in [3.05, 3.63) is 64.6 Å². The van der Waals surface area contributed by atoms with Gasteiger partial charge in [-0.05, 0) is 42.7 Å². The first-order valence-corrected chi connectivity index (χ1v) is 8.96. The van der Waals surface area contributed by atoms with Gasteiger partial charge in [-0.2, -0.15) is 0 Å². The summed E-state index contributed by atoms with van der Waals surface area (Å²) in [6.45, 7) is 7.15. The SMILES string of the molecule is Cc1nc2ccc(Cl)cn2c1C(=O)NCc1ccc(OCC(C)C)cc1. The Morgan fingerprint density at radius 2 is 1.96 bits per heavy atom. The zero-order chi connectivity index (χ0) is 18.7. The van der Waals surface area contributed by atoms with Crippen LogP contribution in [-0.4, -0.2) is 21.9 Å². The fraction of sp³-hybridized carbons (Fsp3) is 0.300. The normalized spacial score (nSPS) is 11.1. The van der Waals surface area contributed by atoms with Crippen LogP contribution in [0.4, 0.5) is 0 Å². The Bertz CT molecular complexity index is 917. The molecule has 0 radical (unpaired) electrons. The molecule has 3 rings (SSSR count). The van der Waals surface area contributed by atoms with Crippen LogP contribution >= 0.6 is 11.6 Å². The number of rotatable bonds is 6. The minimum absolute atomic E-state index is 0.183. The zero-order valence-corrected chi connectivity index (χ0v) is 15.9. The van der Waals surface area contributed by atoms with Crippen LogP contribution in [0.15, 0.2) is 42.6 Å². The second kappa shape index (κ2) is 7.79. The predicted octanol–water partition coefficient (Wildman–Crippen LogP) is 4.26. The fourth-order valence-electron chi connectivity index (χ4n) is 2.64. The van der Waals surface area contributed by atoms with E-state index in [4.69, 9.17) is 16.3 Å². The molecular weight excluding hydrogens is 350 g/mol. The third-order valence-electron chi connectivity index (χ3n) is 3.93. The van der Waals surface area contributed by atoms with Crippen LogP contribution in [-0.2, 0) is 6.54 Å². The highest BCUT2D eigenvalue weighted by Crippen LogP contribution is 2.17. The highest BCUT2D eigenvalue weighted by Gasteiger charge is 2.16. The van der Waals surface area contributed by atoms with E-state index in [0.717, 1.165) is 11.3 Å². The highest BCUT2D eigenvalue weighted by atomic mass is 35.5. The fourth-order valence-corrected chi connectivity index (χ4v) is 2.80. The molecule has 0 aliphatic rings. The number of aromatic nitrogens is 2. The highest BCUT2D eigenvalue weighted by molar-refractivity contribution is 6.30. The molecule has 0 spiro atoms. The average Bonchev–Trinajstić information content (AvgIpc) is 2.93. The van der Waals surface area contributed by atoms with Crippen molar-refractivity contribution >= 4 is 23.2 Å². The summed E-state index contributed by atoms with van der Waals surface area (Å²) < 4.78 is 7.39. The van der Waals surface area contributed by atoms with Gasteiger partial charge >= 0.3 is 0 Å². The molecular formula is C20H22ClN3O2. The van der Waals surface area contributed by atoms with E-state index >= 15 is 0 Å². The standard InChI is InChI=1S/C20H22ClN3O2/c1-13(2)12-26-17-7-4-15(5-8-17)10-22-20(25)19-14(3)23-18-9-6-16(21)11-24(18)19/h4-9,11,13H,10,12H2,1-3H3,(H,22,25). The molecule has 0 unspecified atom stereocenters. The molecule has 1 aromatic carbocycles. The lowest BCUT2D eigenvalue weighted by Gasteiger charge is -2.10. The van der Waals surface area contributed by atoms with Crippen LogP contribution < -0.4 is 10.1 Å². The van der Waals surface area contributed by atoms with Gasteiger partial charge in [0.1, 0.15) is 17.1 Å². The van der Waals surface area contributed by atoms with Crippen LogP contribution in [0.25, 0.3) is 5.65 Å². The first kappa shape index (κ1) is 18.3. The van der Waals surface area contributed by atoms with E-state index < -0.39 is 0 Å². The Morgan fingerprint density at radius 3 is 2.65 bits per heavy atom. The number of hydrogen-bond donors (Lipinski definition) is 1. The Morgan fingerprint density at radius 1 is 1.23 bits per heavy atom. The summed E-state index contributed by atoms with van der Waals surface area (Å²) in [5.41, 5.74) is 2.87. The third-order valence-corrected chi connectivity index (χ3v) is 4.16. The van der Waals surface area contributed by atoms with Crippen molar-refractivity contribution in [1.29, 1.82) is 0 Å². The number of carbonyl (C=O) groups excluding carboxylic acids is 1. The summed E-state index contributed by atoms with van der Waals surface area (Å²) in [6.07, 6.45) is 1.70. The van der Waals surface area contributed by atoms with E-state index in [1.165, 1.54) is 0 Å². The molecule has 1 N–H and O–H groups in total. The number of carbonyl (C=O) groups is 1. The lowest BCUT2D eigenvalue weighted by molar-refractivity contribution is 0.0944. The molecule has 0 aliphatic carbocycles. The van der Waals surface area contributed by atoms with Crippen molar-refractivity contribution in [1.82, 2.24) is 14.7 Å². The number of amides is 1. The van der Waals surface area contributed by atoms with Gasteiger partial charge in [-0.1, -0.05) is 37.6 Å². The number of nitrogens with zero attached hydrogens (tertiary/aromatic N) is 2. The second-order valence-electron chi connectivity index (χ2n) is 6.65. The number of halogens is 1. The number of pyridine rings is 1. The van der Waals surface area contributed by atoms with Crippen molar-refractivity contribution in [2.45, 2.75) is 27.3 Å². The quantitative estimate of drug-likeness (QED) is 0.704. The Balaban J connectivity index is 1.67. The lowest BCUT2D eigenvalue weighted by Crippen LogP contribution is -2.25. The average molecular weight is 372 g/mol. The summed E-state index contributed by atoms with van der Waals surface area (Å²) in [4.78, 5) is 17.0. The van der Waals surface area contributed by atoms with Gasteiger partial charge in [-0.3, -0.25) is 9.20 Å². The number of hydrogen-bond acceptors (Lipinski definition) is 3. The minimum Gasteiger partial charge on any atom is -0.493 e. The van der Waals surface area contributed by atoms with Crippen molar-refractivity contribution in [2.24, 2.45) is 5.92 Å². The zero-order valence-electron chi connectivity index (χ0n) is 15.1. The van der Waals surface area contributed by atoms with Crippen molar-refractivity contribution in [2.75, 3.05) is 6.61 Å². The topological polar surface area (TPSA) is 55.6 Å². The van der Waals surface area contributed by atoms with E-state index in [0.29, 0.717) is 41.1 Å². The molecule has 136 valence electrons. The van der Waals surface area contributed by atoms with E-state index in [1.807, 2.05) is 31.2 Å². The number of aryl methyl sites for hydroxylation is 1. The molecule has 1 amide bonds. The summed E-state index contributed by atoms with van der Waals surface area (Å²) in [7, 11) is 0. The molecule has 0 atom stereocenters. The van der Waals surface area contributed by atoms with Crippen molar-refractivity contribution in [3.8, 4) is 5.75 Å². The summed E-state index contributed by atoms with van der Waals surface area (Å²) in [6, 6.07) is 11.3. The Kier molecular flexibility index (Phi) is 5.47. The van der Waals surface area contributed by atoms with Crippen LogP contribution in [0.2, 0.25) is 5.02 Å². The number of imidazole rings is 1. The third kappa shape index (κ3) is 4.17. The van der Waals surface area contributed by atoms with Crippen molar-refractivity contribution < 1.29 is 9.53 Å². The summed E-state index contributed by atoms with van der Waals surface area (Å²) in [5.74, 6) is 1.13. The molecule has 0 saturated carbocycles. The molecule has 26 heavy (non-hydrogen) atoms. The molecule has 0 fully saturated rings. The van der Waals surface area contributed by atoms with Gasteiger partial charge in [0.15, 0.2) is 0 Å². The molecule has 0 saturated heterocycles. The summed E-state index contributed by atoms with van der Waals surface area (Å²) in [5, 5.41) is 3.50. The van der Waals surface area contributed by atoms with E-state index in [2.05, 4.69) is 24.1 Å². The lowest BCUT2D eigenvalue weighted by atomic mass is 10.2. The maximum absolute atomic E-state index is 12.6. The predicted molar refractivity (Wildman–Crippen MR) is 103 cm³/mol. The first-order chi connectivity index (χ1) is 12.4. The summed E-state index contributed by atoms with van der Waals surface area (Å²) >= 11 is 6.05. The smallest absolute Gasteiger partial charge is 0.270 e.